The molecule has 1 aromatic carbocycles. The molecule has 118 valence electrons. The quantitative estimate of drug-likeness (QED) is 0.764. The Labute approximate surface area is 143 Å². The number of hydrogen-bond donors (Lipinski definition) is 1. The summed E-state index contributed by atoms with van der Waals surface area (Å²) in [6.07, 6.45) is 1.39. The number of halogens is 1. The van der Waals surface area contributed by atoms with Crippen LogP contribution in [0.25, 0.3) is 0 Å². The molecular weight excluding hydrogens is 383 g/mol. The summed E-state index contributed by atoms with van der Waals surface area (Å²) in [5, 5.41) is 2.88. The van der Waals surface area contributed by atoms with Gasteiger partial charge < -0.3 is 19.7 Å². The molecule has 0 radical (unpaired) electrons. The summed E-state index contributed by atoms with van der Waals surface area (Å²) in [4.78, 5) is 14.1. The fourth-order valence-corrected chi connectivity index (χ4v) is 2.30. The summed E-state index contributed by atoms with van der Waals surface area (Å²) in [5.41, 5.74) is 1.83. The minimum absolute atomic E-state index is 0. The van der Waals surface area contributed by atoms with Crippen molar-refractivity contribution in [3.05, 3.63) is 23.8 Å². The van der Waals surface area contributed by atoms with Gasteiger partial charge in [0, 0.05) is 13.2 Å². The second-order valence-electron chi connectivity index (χ2n) is 5.26. The molecule has 2 rings (SSSR count). The van der Waals surface area contributed by atoms with Crippen molar-refractivity contribution in [2.24, 2.45) is 0 Å². The van der Waals surface area contributed by atoms with Crippen LogP contribution in [0, 0.1) is 0 Å². The molecule has 6 heteroatoms. The van der Waals surface area contributed by atoms with Crippen LogP contribution in [0.5, 0.6) is 5.75 Å². The van der Waals surface area contributed by atoms with E-state index in [1.165, 1.54) is 0 Å². The van der Waals surface area contributed by atoms with Crippen LogP contribution in [-0.4, -0.2) is 44.7 Å². The van der Waals surface area contributed by atoms with Crippen LogP contribution in [-0.2, 0) is 16.1 Å². The van der Waals surface area contributed by atoms with E-state index in [2.05, 4.69) is 10.2 Å². The SMILES string of the molecule is COc1cc(CN(C)C)ccc1NC(=O)[C@H]1CCCO1.I. The van der Waals surface area contributed by atoms with Crippen molar-refractivity contribution in [3.8, 4) is 5.75 Å². The smallest absolute Gasteiger partial charge is 0.253 e. The molecule has 1 amide bonds. The third-order valence-electron chi connectivity index (χ3n) is 3.24. The van der Waals surface area contributed by atoms with E-state index < -0.39 is 0 Å². The van der Waals surface area contributed by atoms with Crippen molar-refractivity contribution in [1.29, 1.82) is 0 Å². The van der Waals surface area contributed by atoms with Gasteiger partial charge in [-0.15, -0.1) is 24.0 Å². The average Bonchev–Trinajstić information content (AvgIpc) is 2.93. The van der Waals surface area contributed by atoms with Gasteiger partial charge in [-0.05, 0) is 44.6 Å². The number of rotatable bonds is 5. The molecule has 0 bridgehead atoms. The standard InChI is InChI=1S/C15H22N2O3.HI/c1-17(2)10-11-6-7-12(14(9-11)19-3)16-15(18)13-5-4-8-20-13;/h6-7,9,13H,4-5,8,10H2,1-3H3,(H,16,18);1H/t13-;/m1./s1. The van der Waals surface area contributed by atoms with Crippen molar-refractivity contribution in [3.63, 3.8) is 0 Å². The summed E-state index contributed by atoms with van der Waals surface area (Å²) in [6.45, 7) is 1.49. The molecule has 0 unspecified atom stereocenters. The van der Waals surface area contributed by atoms with Gasteiger partial charge in [0.2, 0.25) is 0 Å². The van der Waals surface area contributed by atoms with E-state index in [-0.39, 0.29) is 36.0 Å². The topological polar surface area (TPSA) is 50.8 Å². The van der Waals surface area contributed by atoms with E-state index in [0.29, 0.717) is 18.0 Å². The van der Waals surface area contributed by atoms with Crippen molar-refractivity contribution in [2.45, 2.75) is 25.5 Å². The zero-order chi connectivity index (χ0) is 14.5. The molecule has 0 aliphatic carbocycles. The number of ether oxygens (including phenoxy) is 2. The Kier molecular flexibility index (Phi) is 7.41. The summed E-state index contributed by atoms with van der Waals surface area (Å²) in [7, 11) is 5.63. The Hall–Kier alpha value is -0.860. The van der Waals surface area contributed by atoms with E-state index in [4.69, 9.17) is 9.47 Å². The zero-order valence-electron chi connectivity index (χ0n) is 12.7. The predicted octanol–water partition coefficient (Wildman–Crippen LogP) is 2.49. The Balaban J connectivity index is 0.00000220. The Bertz CT molecular complexity index is 474. The van der Waals surface area contributed by atoms with E-state index in [1.807, 2.05) is 32.3 Å². The molecule has 1 aliphatic heterocycles. The van der Waals surface area contributed by atoms with Crippen LogP contribution in [0.1, 0.15) is 18.4 Å². The summed E-state index contributed by atoms with van der Waals surface area (Å²) >= 11 is 0. The molecule has 1 N–H and O–H groups in total. The van der Waals surface area contributed by atoms with Crippen LogP contribution in [0.4, 0.5) is 5.69 Å². The molecule has 1 saturated heterocycles. The fraction of sp³-hybridized carbons (Fsp3) is 0.533. The molecule has 0 spiro atoms. The number of hydrogen-bond acceptors (Lipinski definition) is 4. The van der Waals surface area contributed by atoms with Gasteiger partial charge in [0.15, 0.2) is 0 Å². The van der Waals surface area contributed by atoms with Crippen LogP contribution < -0.4 is 10.1 Å². The zero-order valence-corrected chi connectivity index (χ0v) is 15.0. The minimum atomic E-state index is -0.332. The molecular formula is C15H23IN2O3. The lowest BCUT2D eigenvalue weighted by Crippen LogP contribution is -2.27. The maximum absolute atomic E-state index is 12.0. The van der Waals surface area contributed by atoms with E-state index in [1.54, 1.807) is 7.11 Å². The van der Waals surface area contributed by atoms with Gasteiger partial charge in [-0.2, -0.15) is 0 Å². The van der Waals surface area contributed by atoms with Crippen molar-refractivity contribution < 1.29 is 14.3 Å². The Morgan fingerprint density at radius 1 is 1.48 bits per heavy atom. The third kappa shape index (κ3) is 5.12. The first-order valence-corrected chi connectivity index (χ1v) is 6.84. The molecule has 1 heterocycles. The van der Waals surface area contributed by atoms with Gasteiger partial charge in [-0.3, -0.25) is 4.79 Å². The molecule has 0 saturated carbocycles. The van der Waals surface area contributed by atoms with E-state index >= 15 is 0 Å². The number of anilines is 1. The summed E-state index contributed by atoms with van der Waals surface area (Å²) in [5.74, 6) is 0.580. The molecule has 1 aliphatic rings. The second-order valence-corrected chi connectivity index (χ2v) is 5.26. The number of methoxy groups -OCH3 is 1. The highest BCUT2D eigenvalue weighted by Gasteiger charge is 2.24. The molecule has 1 atom stereocenters. The van der Waals surface area contributed by atoms with Crippen LogP contribution in [0.3, 0.4) is 0 Å². The number of nitrogens with zero attached hydrogens (tertiary/aromatic N) is 1. The fourth-order valence-electron chi connectivity index (χ4n) is 2.30. The van der Waals surface area contributed by atoms with Gasteiger partial charge in [-0.25, -0.2) is 0 Å². The van der Waals surface area contributed by atoms with Crippen LogP contribution in [0.2, 0.25) is 0 Å². The maximum atomic E-state index is 12.0. The van der Waals surface area contributed by atoms with Crippen LogP contribution >= 0.6 is 24.0 Å². The lowest BCUT2D eigenvalue weighted by Gasteiger charge is -2.15. The summed E-state index contributed by atoms with van der Waals surface area (Å²) < 4.78 is 10.7. The van der Waals surface area contributed by atoms with Crippen molar-refractivity contribution in [2.75, 3.05) is 33.1 Å². The van der Waals surface area contributed by atoms with Gasteiger partial charge in [0.25, 0.3) is 5.91 Å². The summed E-state index contributed by atoms with van der Waals surface area (Å²) in [6, 6.07) is 5.82. The molecule has 1 fully saturated rings. The average molecular weight is 406 g/mol. The molecule has 0 aromatic heterocycles. The highest BCUT2D eigenvalue weighted by Crippen LogP contribution is 2.27. The van der Waals surface area contributed by atoms with Gasteiger partial charge in [0.1, 0.15) is 11.9 Å². The number of amides is 1. The minimum Gasteiger partial charge on any atom is -0.495 e. The number of benzene rings is 1. The molecule has 5 nitrogen and oxygen atoms in total. The van der Waals surface area contributed by atoms with Gasteiger partial charge >= 0.3 is 0 Å². The third-order valence-corrected chi connectivity index (χ3v) is 3.24. The maximum Gasteiger partial charge on any atom is 0.253 e. The number of carbonyl (C=O) groups is 1. The van der Waals surface area contributed by atoms with Gasteiger partial charge in [-0.1, -0.05) is 6.07 Å². The van der Waals surface area contributed by atoms with Crippen molar-refractivity contribution >= 4 is 35.6 Å². The first-order chi connectivity index (χ1) is 9.60. The first-order valence-electron chi connectivity index (χ1n) is 6.84. The van der Waals surface area contributed by atoms with E-state index in [0.717, 1.165) is 24.9 Å². The highest BCUT2D eigenvalue weighted by atomic mass is 127. The second kappa shape index (κ2) is 8.55. The lowest BCUT2D eigenvalue weighted by molar-refractivity contribution is -0.124. The Morgan fingerprint density at radius 3 is 2.81 bits per heavy atom. The predicted molar refractivity (Wildman–Crippen MR) is 93.4 cm³/mol. The van der Waals surface area contributed by atoms with Crippen LogP contribution in [0.15, 0.2) is 18.2 Å². The normalized spacial score (nSPS) is 17.4. The van der Waals surface area contributed by atoms with Crippen molar-refractivity contribution in [1.82, 2.24) is 4.90 Å². The number of carbonyl (C=O) groups excluding carboxylic acids is 1. The first kappa shape index (κ1) is 18.2. The molecule has 1 aromatic rings. The van der Waals surface area contributed by atoms with Gasteiger partial charge in [0.05, 0.1) is 12.8 Å². The highest BCUT2D eigenvalue weighted by molar-refractivity contribution is 14.0. The number of nitrogens with one attached hydrogen (secondary N) is 1. The monoisotopic (exact) mass is 406 g/mol. The lowest BCUT2D eigenvalue weighted by atomic mass is 10.1. The largest absolute Gasteiger partial charge is 0.495 e. The molecule has 21 heavy (non-hydrogen) atoms. The van der Waals surface area contributed by atoms with E-state index in [9.17, 15) is 4.79 Å². The Morgan fingerprint density at radius 2 is 2.24 bits per heavy atom.